The molecule has 0 aromatic heterocycles. The number of hydrogen-bond acceptors (Lipinski definition) is 8. The van der Waals surface area contributed by atoms with E-state index in [1.54, 1.807) is 14.0 Å². The van der Waals surface area contributed by atoms with Crippen molar-refractivity contribution in [2.75, 3.05) is 33.8 Å². The standard InChI is InChI=1S/C32H46N6O9S/c1-5-10-25(29(46-4)35-48(44,45)47-32(2)15-16-32)34-28(40)26-14-9-18-38(26)27(39)19-33-30(41)36(3)17-7-6-11-22-12-8-13-23-20-37(31(42)43)21-24(22)23/h5-6,8,11-13,25-26,29,35H,1,7,9-10,14-21H2,2-4H3,(H,33,41)(H,34,40)(H,42,43). The van der Waals surface area contributed by atoms with E-state index in [1.165, 1.54) is 27.9 Å². The van der Waals surface area contributed by atoms with Crippen molar-refractivity contribution in [3.8, 4) is 0 Å². The van der Waals surface area contributed by atoms with Crippen LogP contribution in [0.25, 0.3) is 6.08 Å². The second-order valence-electron chi connectivity index (χ2n) is 12.5. The minimum Gasteiger partial charge on any atom is -0.465 e. The summed E-state index contributed by atoms with van der Waals surface area (Å²) in [4.78, 5) is 54.7. The Kier molecular flexibility index (Phi) is 12.2. The van der Waals surface area contributed by atoms with E-state index in [0.717, 1.165) is 16.7 Å². The summed E-state index contributed by atoms with van der Waals surface area (Å²) < 4.78 is 38.0. The predicted molar refractivity (Wildman–Crippen MR) is 176 cm³/mol. The highest BCUT2D eigenvalue weighted by Crippen LogP contribution is 2.39. The summed E-state index contributed by atoms with van der Waals surface area (Å²) in [6.07, 6.45) is 6.20. The number of urea groups is 1. The van der Waals surface area contributed by atoms with Crippen molar-refractivity contribution in [1.82, 2.24) is 30.1 Å². The fourth-order valence-electron chi connectivity index (χ4n) is 5.75. The van der Waals surface area contributed by atoms with Gasteiger partial charge in [-0.25, -0.2) is 9.59 Å². The first-order chi connectivity index (χ1) is 22.8. The van der Waals surface area contributed by atoms with Crippen LogP contribution in [0.5, 0.6) is 0 Å². The molecule has 1 saturated carbocycles. The Morgan fingerprint density at radius 3 is 2.65 bits per heavy atom. The van der Waals surface area contributed by atoms with Crippen LogP contribution in [0.4, 0.5) is 9.59 Å². The Labute approximate surface area is 281 Å². The van der Waals surface area contributed by atoms with Gasteiger partial charge in [0, 0.05) is 33.8 Å². The van der Waals surface area contributed by atoms with Crippen LogP contribution in [0.15, 0.2) is 36.9 Å². The van der Waals surface area contributed by atoms with Crippen LogP contribution in [0.3, 0.4) is 0 Å². The zero-order chi connectivity index (χ0) is 35.1. The Morgan fingerprint density at radius 1 is 1.23 bits per heavy atom. The minimum atomic E-state index is -4.17. The predicted octanol–water partition coefficient (Wildman–Crippen LogP) is 2.15. The molecule has 16 heteroatoms. The molecule has 2 fully saturated rings. The first-order valence-corrected chi connectivity index (χ1v) is 17.4. The van der Waals surface area contributed by atoms with Crippen molar-refractivity contribution in [3.05, 3.63) is 53.6 Å². The zero-order valence-electron chi connectivity index (χ0n) is 27.6. The Morgan fingerprint density at radius 2 is 1.98 bits per heavy atom. The normalized spacial score (nSPS) is 19.4. The van der Waals surface area contributed by atoms with Crippen LogP contribution < -0.4 is 15.4 Å². The maximum absolute atomic E-state index is 13.3. The molecule has 15 nitrogen and oxygen atoms in total. The molecule has 0 radical (unpaired) electrons. The first-order valence-electron chi connectivity index (χ1n) is 16.0. The highest BCUT2D eigenvalue weighted by atomic mass is 32.2. The number of rotatable bonds is 16. The third-order valence-corrected chi connectivity index (χ3v) is 9.87. The highest BCUT2D eigenvalue weighted by Gasteiger charge is 2.44. The molecule has 0 bridgehead atoms. The van der Waals surface area contributed by atoms with E-state index in [1.807, 2.05) is 30.4 Å². The smallest absolute Gasteiger partial charge is 0.407 e. The van der Waals surface area contributed by atoms with Crippen molar-refractivity contribution < 1.29 is 41.6 Å². The summed E-state index contributed by atoms with van der Waals surface area (Å²) in [5.74, 6) is -0.892. The van der Waals surface area contributed by atoms with Gasteiger partial charge in [0.1, 0.15) is 12.3 Å². The molecule has 2 aliphatic heterocycles. The van der Waals surface area contributed by atoms with E-state index >= 15 is 0 Å². The Hall–Kier alpha value is -3.99. The molecule has 4 rings (SSSR count). The van der Waals surface area contributed by atoms with Gasteiger partial charge in [-0.1, -0.05) is 36.4 Å². The van der Waals surface area contributed by atoms with E-state index in [2.05, 4.69) is 21.9 Å². The lowest BCUT2D eigenvalue weighted by Crippen LogP contribution is -2.57. The number of carbonyl (C=O) groups excluding carboxylic acids is 3. The Balaban J connectivity index is 1.24. The summed E-state index contributed by atoms with van der Waals surface area (Å²) >= 11 is 0. The number of likely N-dealkylation sites (tertiary alicyclic amines) is 1. The second kappa shape index (κ2) is 15.9. The number of carboxylic acid groups (broad SMARTS) is 1. The molecule has 3 unspecified atom stereocenters. The van der Waals surface area contributed by atoms with Gasteiger partial charge in [0.15, 0.2) is 0 Å². The highest BCUT2D eigenvalue weighted by molar-refractivity contribution is 7.84. The van der Waals surface area contributed by atoms with Gasteiger partial charge in [-0.05, 0) is 62.1 Å². The van der Waals surface area contributed by atoms with E-state index in [-0.39, 0.29) is 13.0 Å². The molecule has 1 saturated heterocycles. The minimum absolute atomic E-state index is 0.180. The SMILES string of the molecule is C=CCC(NC(=O)C1CCCN1C(=O)CNC(=O)N(C)CCC=Cc1cccc2c1CN(C(=O)O)C2)C(NS(=O)(=O)OC1(C)CC1)OC. The lowest BCUT2D eigenvalue weighted by atomic mass is 10.0. The average molecular weight is 691 g/mol. The van der Waals surface area contributed by atoms with Gasteiger partial charge < -0.3 is 30.3 Å². The summed E-state index contributed by atoms with van der Waals surface area (Å²) in [6, 6.07) is 3.66. The number of carbonyl (C=O) groups is 4. The lowest BCUT2D eigenvalue weighted by molar-refractivity contribution is -0.138. The van der Waals surface area contributed by atoms with E-state index in [0.29, 0.717) is 58.3 Å². The van der Waals surface area contributed by atoms with Crippen LogP contribution in [0.1, 0.15) is 62.1 Å². The molecule has 5 amide bonds. The maximum Gasteiger partial charge on any atom is 0.407 e. The fraction of sp³-hybridized carbons (Fsp3) is 0.562. The van der Waals surface area contributed by atoms with Crippen molar-refractivity contribution in [2.24, 2.45) is 0 Å². The third-order valence-electron chi connectivity index (χ3n) is 8.73. The molecule has 1 aromatic rings. The average Bonchev–Trinajstić information content (AvgIpc) is 3.40. The number of nitrogens with zero attached hydrogens (tertiary/aromatic N) is 3. The second-order valence-corrected chi connectivity index (χ2v) is 13.9. The van der Waals surface area contributed by atoms with E-state index in [4.69, 9.17) is 8.92 Å². The molecule has 3 aliphatic rings. The van der Waals surface area contributed by atoms with Crippen molar-refractivity contribution in [1.29, 1.82) is 0 Å². The molecule has 3 atom stereocenters. The zero-order valence-corrected chi connectivity index (χ0v) is 28.5. The van der Waals surface area contributed by atoms with Gasteiger partial charge >= 0.3 is 22.4 Å². The Bertz CT molecular complexity index is 1510. The molecule has 264 valence electrons. The number of fused-ring (bicyclic) bond motifs is 1. The van der Waals surface area contributed by atoms with Crippen LogP contribution >= 0.6 is 0 Å². The topological polar surface area (TPSA) is 187 Å². The van der Waals surface area contributed by atoms with Gasteiger partial charge in [0.05, 0.1) is 24.7 Å². The summed E-state index contributed by atoms with van der Waals surface area (Å²) in [5, 5.41) is 14.7. The van der Waals surface area contributed by atoms with Gasteiger partial charge in [0.2, 0.25) is 11.8 Å². The monoisotopic (exact) mass is 690 g/mol. The summed E-state index contributed by atoms with van der Waals surface area (Å²) in [7, 11) is -1.25. The van der Waals surface area contributed by atoms with Crippen LogP contribution in [0, 0.1) is 0 Å². The number of nitrogens with one attached hydrogen (secondary N) is 3. The lowest BCUT2D eigenvalue weighted by Gasteiger charge is -2.30. The van der Waals surface area contributed by atoms with Crippen LogP contribution in [-0.4, -0.2) is 110 Å². The fourth-order valence-corrected chi connectivity index (χ4v) is 7.04. The summed E-state index contributed by atoms with van der Waals surface area (Å²) in [5.41, 5.74) is 2.14. The third kappa shape index (κ3) is 9.78. The molecule has 1 aliphatic carbocycles. The van der Waals surface area contributed by atoms with Gasteiger partial charge in [-0.3, -0.25) is 18.7 Å². The van der Waals surface area contributed by atoms with E-state index < -0.39 is 58.2 Å². The molecule has 1 aromatic carbocycles. The maximum atomic E-state index is 13.3. The molecule has 4 N–H and O–H groups in total. The van der Waals surface area contributed by atoms with Crippen molar-refractivity contribution in [3.63, 3.8) is 0 Å². The summed E-state index contributed by atoms with van der Waals surface area (Å²) in [6.45, 7) is 6.49. The number of amides is 5. The van der Waals surface area contributed by atoms with Gasteiger partial charge in [0.25, 0.3) is 0 Å². The van der Waals surface area contributed by atoms with E-state index in [9.17, 15) is 32.7 Å². The molecule has 48 heavy (non-hydrogen) atoms. The van der Waals surface area contributed by atoms with Gasteiger partial charge in [-0.15, -0.1) is 6.58 Å². The molecule has 2 heterocycles. The molecular formula is C32H46N6O9S. The van der Waals surface area contributed by atoms with Crippen molar-refractivity contribution >= 4 is 40.3 Å². The number of hydrogen-bond donors (Lipinski definition) is 4. The van der Waals surface area contributed by atoms with Crippen LogP contribution in [0.2, 0.25) is 0 Å². The quantitative estimate of drug-likeness (QED) is 0.149. The van der Waals surface area contributed by atoms with Crippen molar-refractivity contribution in [2.45, 2.75) is 82.5 Å². The van der Waals surface area contributed by atoms with Gasteiger partial charge in [-0.2, -0.15) is 13.1 Å². The molecule has 0 spiro atoms. The molecular weight excluding hydrogens is 644 g/mol. The number of methoxy groups -OCH3 is 1. The number of ether oxygens (including phenoxy) is 1. The largest absolute Gasteiger partial charge is 0.465 e. The van der Waals surface area contributed by atoms with Crippen LogP contribution in [-0.2, 0) is 41.9 Å². The first kappa shape index (κ1) is 36.8. The number of benzene rings is 1.